The van der Waals surface area contributed by atoms with Gasteiger partial charge in [-0.1, -0.05) is 30.3 Å². The number of carbonyl (C=O) groups is 2. The van der Waals surface area contributed by atoms with Crippen LogP contribution in [0.25, 0.3) is 0 Å². The number of amides is 2. The molecule has 0 aromatic heterocycles. The Kier molecular flexibility index (Phi) is 5.35. The average molecular weight is 332 g/mol. The van der Waals surface area contributed by atoms with Crippen molar-refractivity contribution in [3.8, 4) is 0 Å². The van der Waals surface area contributed by atoms with Gasteiger partial charge in [0, 0.05) is 19.6 Å². The van der Waals surface area contributed by atoms with Crippen LogP contribution >= 0.6 is 0 Å². The highest BCUT2D eigenvalue weighted by Crippen LogP contribution is 2.28. The molecule has 2 amide bonds. The summed E-state index contributed by atoms with van der Waals surface area (Å²) in [7, 11) is 0. The Hall–Kier alpha value is -2.08. The van der Waals surface area contributed by atoms with Crippen LogP contribution in [0.5, 0.6) is 0 Å². The second kappa shape index (κ2) is 7.66. The van der Waals surface area contributed by atoms with Crippen LogP contribution < -0.4 is 5.32 Å². The van der Waals surface area contributed by atoms with Gasteiger partial charge in [0.05, 0.1) is 19.7 Å². The summed E-state index contributed by atoms with van der Waals surface area (Å²) < 4.78 is 11.0. The third-order valence-corrected chi connectivity index (χ3v) is 4.55. The van der Waals surface area contributed by atoms with Crippen LogP contribution in [0.3, 0.4) is 0 Å². The molecule has 24 heavy (non-hydrogen) atoms. The van der Waals surface area contributed by atoms with Crippen molar-refractivity contribution >= 4 is 12.0 Å². The summed E-state index contributed by atoms with van der Waals surface area (Å²) in [5.74, 6) is 0.111. The van der Waals surface area contributed by atoms with Crippen molar-refractivity contribution in [2.45, 2.75) is 37.9 Å². The maximum Gasteiger partial charge on any atom is 0.407 e. The molecule has 6 heteroatoms. The van der Waals surface area contributed by atoms with Crippen LogP contribution in [0.15, 0.2) is 30.3 Å². The largest absolute Gasteiger partial charge is 0.439 e. The molecule has 0 aliphatic carbocycles. The zero-order chi connectivity index (χ0) is 16.8. The Morgan fingerprint density at radius 3 is 2.92 bits per heavy atom. The van der Waals surface area contributed by atoms with Crippen molar-refractivity contribution in [2.24, 2.45) is 0 Å². The van der Waals surface area contributed by atoms with Gasteiger partial charge < -0.3 is 19.7 Å². The Balaban J connectivity index is 1.36. The summed E-state index contributed by atoms with van der Waals surface area (Å²) in [6.07, 6.45) is 2.47. The number of hydrogen-bond donors (Lipinski definition) is 1. The summed E-state index contributed by atoms with van der Waals surface area (Å²) in [4.78, 5) is 25.5. The van der Waals surface area contributed by atoms with E-state index in [1.54, 1.807) is 0 Å². The summed E-state index contributed by atoms with van der Waals surface area (Å²) in [5.41, 5.74) is 0.617. The molecule has 2 fully saturated rings. The van der Waals surface area contributed by atoms with Crippen LogP contribution in [0.4, 0.5) is 4.79 Å². The van der Waals surface area contributed by atoms with Crippen molar-refractivity contribution in [2.75, 3.05) is 26.2 Å². The first-order chi connectivity index (χ1) is 11.7. The fourth-order valence-corrected chi connectivity index (χ4v) is 3.29. The number of rotatable bonds is 6. The highest BCUT2D eigenvalue weighted by atomic mass is 16.6. The normalized spacial score (nSPS) is 23.2. The molecule has 3 rings (SSSR count). The van der Waals surface area contributed by atoms with E-state index < -0.39 is 5.60 Å². The number of piperidine rings is 1. The Morgan fingerprint density at radius 2 is 2.17 bits per heavy atom. The van der Waals surface area contributed by atoms with Crippen molar-refractivity contribution in [3.63, 3.8) is 0 Å². The number of likely N-dealkylation sites (tertiary alicyclic amines) is 1. The second-order valence-electron chi connectivity index (χ2n) is 6.49. The van der Waals surface area contributed by atoms with Gasteiger partial charge in [-0.05, 0) is 24.8 Å². The molecule has 2 aliphatic rings. The van der Waals surface area contributed by atoms with E-state index in [0.29, 0.717) is 39.1 Å². The third kappa shape index (κ3) is 4.26. The lowest BCUT2D eigenvalue weighted by molar-refractivity contribution is -0.137. The molecule has 1 aromatic rings. The van der Waals surface area contributed by atoms with Gasteiger partial charge in [0.15, 0.2) is 0 Å². The molecule has 0 radical (unpaired) electrons. The second-order valence-corrected chi connectivity index (χ2v) is 6.49. The molecule has 2 heterocycles. The highest BCUT2D eigenvalue weighted by Gasteiger charge is 2.44. The van der Waals surface area contributed by atoms with E-state index in [4.69, 9.17) is 9.47 Å². The van der Waals surface area contributed by atoms with E-state index in [1.807, 2.05) is 35.2 Å². The van der Waals surface area contributed by atoms with E-state index in [9.17, 15) is 9.59 Å². The number of ether oxygens (including phenoxy) is 2. The van der Waals surface area contributed by atoms with Crippen molar-refractivity contribution in [1.82, 2.24) is 10.2 Å². The number of nitrogens with one attached hydrogen (secondary N) is 1. The number of hydrogen-bond acceptors (Lipinski definition) is 4. The number of carbonyl (C=O) groups excluding carboxylic acids is 2. The first kappa shape index (κ1) is 16.8. The minimum absolute atomic E-state index is 0.111. The molecule has 2 aliphatic heterocycles. The van der Waals surface area contributed by atoms with E-state index in [1.165, 1.54) is 0 Å². The fourth-order valence-electron chi connectivity index (χ4n) is 3.29. The first-order valence-corrected chi connectivity index (χ1v) is 8.53. The summed E-state index contributed by atoms with van der Waals surface area (Å²) >= 11 is 0. The maximum absolute atomic E-state index is 12.4. The minimum Gasteiger partial charge on any atom is -0.439 e. The standard InChI is InChI=1S/C18H24N2O4/c21-16(8-4-11-23-12-15-6-2-1-3-7-15)20-10-5-9-18(14-20)13-19-17(22)24-18/h1-3,6-7H,4-5,8-14H2,(H,19,22)/t18-/m0/s1. The van der Waals surface area contributed by atoms with Crippen molar-refractivity contribution in [1.29, 1.82) is 0 Å². The van der Waals surface area contributed by atoms with E-state index >= 15 is 0 Å². The molecular weight excluding hydrogens is 308 g/mol. The van der Waals surface area contributed by atoms with Gasteiger partial charge in [-0.15, -0.1) is 0 Å². The molecular formula is C18H24N2O4. The third-order valence-electron chi connectivity index (χ3n) is 4.55. The molecule has 0 unspecified atom stereocenters. The Morgan fingerprint density at radius 1 is 1.33 bits per heavy atom. The topological polar surface area (TPSA) is 67.9 Å². The van der Waals surface area contributed by atoms with Crippen LogP contribution in [-0.4, -0.2) is 48.7 Å². The predicted molar refractivity (Wildman–Crippen MR) is 88.4 cm³/mol. The number of nitrogens with zero attached hydrogens (tertiary/aromatic N) is 1. The van der Waals surface area contributed by atoms with E-state index in [0.717, 1.165) is 24.9 Å². The lowest BCUT2D eigenvalue weighted by Crippen LogP contribution is -2.52. The molecule has 1 aromatic carbocycles. The van der Waals surface area contributed by atoms with Crippen LogP contribution in [0.1, 0.15) is 31.2 Å². The van der Waals surface area contributed by atoms with Crippen molar-refractivity contribution < 1.29 is 19.1 Å². The lowest BCUT2D eigenvalue weighted by atomic mass is 9.93. The number of benzene rings is 1. The Labute approximate surface area is 142 Å². The zero-order valence-electron chi connectivity index (χ0n) is 13.8. The quantitative estimate of drug-likeness (QED) is 0.810. The average Bonchev–Trinajstić information content (AvgIpc) is 2.95. The summed E-state index contributed by atoms with van der Waals surface area (Å²) in [5, 5.41) is 2.70. The molecule has 1 N–H and O–H groups in total. The molecule has 0 saturated carbocycles. The summed E-state index contributed by atoms with van der Waals surface area (Å²) in [6.45, 7) is 2.87. The highest BCUT2D eigenvalue weighted by molar-refractivity contribution is 5.77. The number of alkyl carbamates (subject to hydrolysis) is 1. The van der Waals surface area contributed by atoms with Gasteiger partial charge in [0.2, 0.25) is 5.91 Å². The van der Waals surface area contributed by atoms with Gasteiger partial charge in [-0.25, -0.2) is 4.79 Å². The maximum atomic E-state index is 12.4. The van der Waals surface area contributed by atoms with Gasteiger partial charge in [-0.2, -0.15) is 0 Å². The molecule has 0 bridgehead atoms. The molecule has 2 saturated heterocycles. The van der Waals surface area contributed by atoms with Crippen LogP contribution in [0.2, 0.25) is 0 Å². The molecule has 1 atom stereocenters. The SMILES string of the molecule is O=C1NC[C@]2(CCCN(C(=O)CCCOCc3ccccc3)C2)O1. The monoisotopic (exact) mass is 332 g/mol. The molecule has 1 spiro atoms. The van der Waals surface area contributed by atoms with Crippen molar-refractivity contribution in [3.05, 3.63) is 35.9 Å². The van der Waals surface area contributed by atoms with Crippen LogP contribution in [0, 0.1) is 0 Å². The minimum atomic E-state index is -0.519. The van der Waals surface area contributed by atoms with Gasteiger partial charge in [-0.3, -0.25) is 4.79 Å². The van der Waals surface area contributed by atoms with Gasteiger partial charge >= 0.3 is 6.09 Å². The van der Waals surface area contributed by atoms with E-state index in [2.05, 4.69) is 5.32 Å². The van der Waals surface area contributed by atoms with Gasteiger partial charge in [0.1, 0.15) is 5.60 Å². The smallest absolute Gasteiger partial charge is 0.407 e. The molecule has 130 valence electrons. The predicted octanol–water partition coefficient (Wildman–Crippen LogP) is 2.08. The lowest BCUT2D eigenvalue weighted by Gasteiger charge is -2.38. The molecule has 6 nitrogen and oxygen atoms in total. The van der Waals surface area contributed by atoms with Gasteiger partial charge in [0.25, 0.3) is 0 Å². The van der Waals surface area contributed by atoms with Crippen LogP contribution in [-0.2, 0) is 20.9 Å². The zero-order valence-corrected chi connectivity index (χ0v) is 13.8. The first-order valence-electron chi connectivity index (χ1n) is 8.53. The fraction of sp³-hybridized carbons (Fsp3) is 0.556. The van der Waals surface area contributed by atoms with E-state index in [-0.39, 0.29) is 12.0 Å². The Bertz CT molecular complexity index is 578. The summed E-state index contributed by atoms with van der Waals surface area (Å²) in [6, 6.07) is 9.99.